The Kier molecular flexibility index (Phi) is 6.05. The standard InChI is InChI=1S/C17H26N2O2/c1-14(18-2)15-8-7-9-16(12-15)21-13-17(20)19-10-5-3-4-6-11-19/h7-9,12,14,18H,3-6,10-11,13H2,1-2H3. The van der Waals surface area contributed by atoms with Crippen LogP contribution in [0.2, 0.25) is 0 Å². The number of nitrogens with zero attached hydrogens (tertiary/aromatic N) is 1. The third-order valence-corrected chi connectivity index (χ3v) is 4.11. The second-order valence-corrected chi connectivity index (χ2v) is 5.67. The monoisotopic (exact) mass is 290 g/mol. The van der Waals surface area contributed by atoms with E-state index < -0.39 is 0 Å². The molecule has 0 aliphatic carbocycles. The van der Waals surface area contributed by atoms with Gasteiger partial charge in [0.05, 0.1) is 0 Å². The minimum Gasteiger partial charge on any atom is -0.484 e. The van der Waals surface area contributed by atoms with Crippen LogP contribution in [-0.4, -0.2) is 37.6 Å². The lowest BCUT2D eigenvalue weighted by atomic mass is 10.1. The fourth-order valence-corrected chi connectivity index (χ4v) is 2.60. The van der Waals surface area contributed by atoms with Gasteiger partial charge in [-0.25, -0.2) is 0 Å². The number of hydrogen-bond donors (Lipinski definition) is 1. The van der Waals surface area contributed by atoms with E-state index >= 15 is 0 Å². The normalized spacial score (nSPS) is 17.1. The van der Waals surface area contributed by atoms with Crippen LogP contribution in [0.1, 0.15) is 44.2 Å². The van der Waals surface area contributed by atoms with Crippen LogP contribution < -0.4 is 10.1 Å². The lowest BCUT2D eigenvalue weighted by molar-refractivity contribution is -0.133. The second kappa shape index (κ2) is 8.03. The number of hydrogen-bond acceptors (Lipinski definition) is 3. The average molecular weight is 290 g/mol. The number of rotatable bonds is 5. The highest BCUT2D eigenvalue weighted by molar-refractivity contribution is 5.77. The van der Waals surface area contributed by atoms with E-state index in [0.717, 1.165) is 37.2 Å². The number of likely N-dealkylation sites (tertiary alicyclic amines) is 1. The summed E-state index contributed by atoms with van der Waals surface area (Å²) in [6.45, 7) is 3.98. The highest BCUT2D eigenvalue weighted by Crippen LogP contribution is 2.19. The molecule has 1 saturated heterocycles. The fraction of sp³-hybridized carbons (Fsp3) is 0.588. The summed E-state index contributed by atoms with van der Waals surface area (Å²) in [6.07, 6.45) is 4.69. The molecule has 1 amide bonds. The molecule has 2 rings (SSSR count). The molecule has 0 bridgehead atoms. The van der Waals surface area contributed by atoms with Crippen LogP contribution in [-0.2, 0) is 4.79 Å². The summed E-state index contributed by atoms with van der Waals surface area (Å²) in [5, 5.41) is 3.20. The van der Waals surface area contributed by atoms with Gasteiger partial charge in [-0.3, -0.25) is 4.79 Å². The summed E-state index contributed by atoms with van der Waals surface area (Å²) in [4.78, 5) is 14.1. The molecule has 1 aliphatic rings. The third-order valence-electron chi connectivity index (χ3n) is 4.11. The molecule has 1 heterocycles. The van der Waals surface area contributed by atoms with E-state index in [1.807, 2.05) is 30.1 Å². The van der Waals surface area contributed by atoms with Gasteiger partial charge < -0.3 is 15.0 Å². The Morgan fingerprint density at radius 3 is 2.67 bits per heavy atom. The van der Waals surface area contributed by atoms with Crippen molar-refractivity contribution in [2.75, 3.05) is 26.7 Å². The molecule has 1 aromatic carbocycles. The van der Waals surface area contributed by atoms with E-state index in [4.69, 9.17) is 4.74 Å². The quantitative estimate of drug-likeness (QED) is 0.906. The van der Waals surface area contributed by atoms with Crippen LogP contribution in [0, 0.1) is 0 Å². The zero-order chi connectivity index (χ0) is 15.1. The summed E-state index contributed by atoms with van der Waals surface area (Å²) < 4.78 is 5.68. The number of nitrogens with one attached hydrogen (secondary N) is 1. The predicted molar refractivity (Wildman–Crippen MR) is 84.5 cm³/mol. The van der Waals surface area contributed by atoms with Crippen molar-refractivity contribution in [3.8, 4) is 5.75 Å². The van der Waals surface area contributed by atoms with Crippen molar-refractivity contribution in [2.24, 2.45) is 0 Å². The molecule has 21 heavy (non-hydrogen) atoms. The Hall–Kier alpha value is -1.55. The molecule has 1 N–H and O–H groups in total. The number of carbonyl (C=O) groups is 1. The van der Waals surface area contributed by atoms with Gasteiger partial charge in [-0.15, -0.1) is 0 Å². The molecular formula is C17H26N2O2. The van der Waals surface area contributed by atoms with Crippen molar-refractivity contribution in [1.29, 1.82) is 0 Å². The van der Waals surface area contributed by atoms with Crippen molar-refractivity contribution in [3.05, 3.63) is 29.8 Å². The van der Waals surface area contributed by atoms with Crippen molar-refractivity contribution in [2.45, 2.75) is 38.6 Å². The lowest BCUT2D eigenvalue weighted by Crippen LogP contribution is -2.35. The zero-order valence-corrected chi connectivity index (χ0v) is 13.1. The zero-order valence-electron chi connectivity index (χ0n) is 13.1. The van der Waals surface area contributed by atoms with E-state index in [1.165, 1.54) is 12.8 Å². The molecule has 1 aliphatic heterocycles. The molecule has 0 spiro atoms. The van der Waals surface area contributed by atoms with E-state index in [0.29, 0.717) is 0 Å². The van der Waals surface area contributed by atoms with E-state index in [9.17, 15) is 4.79 Å². The molecule has 1 fully saturated rings. The van der Waals surface area contributed by atoms with Crippen molar-refractivity contribution < 1.29 is 9.53 Å². The topological polar surface area (TPSA) is 41.6 Å². The Morgan fingerprint density at radius 2 is 2.00 bits per heavy atom. The SMILES string of the molecule is CNC(C)c1cccc(OCC(=O)N2CCCCCC2)c1. The highest BCUT2D eigenvalue weighted by atomic mass is 16.5. The summed E-state index contributed by atoms with van der Waals surface area (Å²) in [6, 6.07) is 8.20. The van der Waals surface area contributed by atoms with Gasteiger partial charge >= 0.3 is 0 Å². The van der Waals surface area contributed by atoms with Crippen LogP contribution >= 0.6 is 0 Å². The molecule has 4 nitrogen and oxygen atoms in total. The first-order valence-electron chi connectivity index (χ1n) is 7.88. The first-order valence-corrected chi connectivity index (χ1v) is 7.88. The molecule has 1 aromatic rings. The van der Waals surface area contributed by atoms with Crippen LogP contribution in [0.5, 0.6) is 5.75 Å². The van der Waals surface area contributed by atoms with Gasteiger partial charge in [-0.1, -0.05) is 25.0 Å². The second-order valence-electron chi connectivity index (χ2n) is 5.67. The number of amides is 1. The molecule has 116 valence electrons. The van der Waals surface area contributed by atoms with Gasteiger partial charge in [0, 0.05) is 19.1 Å². The van der Waals surface area contributed by atoms with Crippen molar-refractivity contribution >= 4 is 5.91 Å². The summed E-state index contributed by atoms with van der Waals surface area (Å²) in [5.74, 6) is 0.863. The van der Waals surface area contributed by atoms with Gasteiger partial charge in [0.1, 0.15) is 5.75 Å². The summed E-state index contributed by atoms with van der Waals surface area (Å²) >= 11 is 0. The maximum atomic E-state index is 12.2. The van der Waals surface area contributed by atoms with Crippen molar-refractivity contribution in [3.63, 3.8) is 0 Å². The first-order chi connectivity index (χ1) is 10.2. The maximum Gasteiger partial charge on any atom is 0.260 e. The molecule has 4 heteroatoms. The van der Waals surface area contributed by atoms with Crippen LogP contribution in [0.4, 0.5) is 0 Å². The molecular weight excluding hydrogens is 264 g/mol. The van der Waals surface area contributed by atoms with Gasteiger partial charge in [0.2, 0.25) is 0 Å². The summed E-state index contributed by atoms with van der Waals surface area (Å²) in [5.41, 5.74) is 1.16. The maximum absolute atomic E-state index is 12.2. The fourth-order valence-electron chi connectivity index (χ4n) is 2.60. The van der Waals surface area contributed by atoms with Gasteiger partial charge in [-0.05, 0) is 44.5 Å². The average Bonchev–Trinajstić information content (AvgIpc) is 2.81. The highest BCUT2D eigenvalue weighted by Gasteiger charge is 2.16. The Morgan fingerprint density at radius 1 is 1.29 bits per heavy atom. The van der Waals surface area contributed by atoms with Crippen LogP contribution in [0.15, 0.2) is 24.3 Å². The third kappa shape index (κ3) is 4.74. The lowest BCUT2D eigenvalue weighted by Gasteiger charge is -2.20. The first kappa shape index (κ1) is 15.8. The molecule has 0 saturated carbocycles. The number of carbonyl (C=O) groups excluding carboxylic acids is 1. The molecule has 1 unspecified atom stereocenters. The predicted octanol–water partition coefficient (Wildman–Crippen LogP) is 2.75. The number of benzene rings is 1. The minimum absolute atomic E-state index is 0.101. The van der Waals surface area contributed by atoms with Crippen molar-refractivity contribution in [1.82, 2.24) is 10.2 Å². The largest absolute Gasteiger partial charge is 0.484 e. The van der Waals surface area contributed by atoms with Gasteiger partial charge in [-0.2, -0.15) is 0 Å². The summed E-state index contributed by atoms with van der Waals surface area (Å²) in [7, 11) is 1.93. The van der Waals surface area contributed by atoms with Gasteiger partial charge in [0.25, 0.3) is 5.91 Å². The van der Waals surface area contributed by atoms with Crippen LogP contribution in [0.3, 0.4) is 0 Å². The Balaban J connectivity index is 1.88. The van der Waals surface area contributed by atoms with E-state index in [1.54, 1.807) is 0 Å². The molecule has 0 aromatic heterocycles. The van der Waals surface area contributed by atoms with E-state index in [-0.39, 0.29) is 18.6 Å². The molecule has 0 radical (unpaired) electrons. The Labute approximate surface area is 127 Å². The Bertz CT molecular complexity index is 454. The number of ether oxygens (including phenoxy) is 1. The molecule has 1 atom stereocenters. The van der Waals surface area contributed by atoms with Gasteiger partial charge in [0.15, 0.2) is 6.61 Å². The minimum atomic E-state index is 0.101. The van der Waals surface area contributed by atoms with Crippen LogP contribution in [0.25, 0.3) is 0 Å². The van der Waals surface area contributed by atoms with E-state index in [2.05, 4.69) is 18.3 Å². The smallest absolute Gasteiger partial charge is 0.260 e.